The summed E-state index contributed by atoms with van der Waals surface area (Å²) in [5.41, 5.74) is 5.72. The predicted octanol–water partition coefficient (Wildman–Crippen LogP) is -0.886. The number of carbonyl (C=O) groups excluding carboxylic acids is 3. The Morgan fingerprint density at radius 3 is 1.81 bits per heavy atom. The van der Waals surface area contributed by atoms with Crippen molar-refractivity contribution in [1.82, 2.24) is 16.0 Å². The highest BCUT2D eigenvalue weighted by Crippen LogP contribution is 2.03. The Kier molecular flexibility index (Phi) is 10.3. The second-order valence-electron chi connectivity index (χ2n) is 6.81. The van der Waals surface area contributed by atoms with Gasteiger partial charge in [0.2, 0.25) is 17.7 Å². The molecule has 0 aromatic carbocycles. The van der Waals surface area contributed by atoms with Crippen LogP contribution in [0.4, 0.5) is 0 Å². The first kappa shape index (κ1) is 24.2. The number of carboxylic acid groups (broad SMARTS) is 1. The molecule has 0 radical (unpaired) electrons. The molecule has 0 aliphatic heterocycles. The van der Waals surface area contributed by atoms with Crippen LogP contribution in [0.25, 0.3) is 0 Å². The summed E-state index contributed by atoms with van der Waals surface area (Å²) in [4.78, 5) is 47.5. The van der Waals surface area contributed by atoms with E-state index in [1.54, 1.807) is 27.7 Å². The van der Waals surface area contributed by atoms with Crippen molar-refractivity contribution in [3.63, 3.8) is 0 Å². The molecule has 0 spiro atoms. The molecule has 0 rings (SSSR count). The van der Waals surface area contributed by atoms with E-state index in [0.29, 0.717) is 0 Å². The van der Waals surface area contributed by atoms with Crippen LogP contribution < -0.4 is 21.7 Å². The van der Waals surface area contributed by atoms with Crippen LogP contribution in [0.2, 0.25) is 0 Å². The molecule has 26 heavy (non-hydrogen) atoms. The molecule has 3 amide bonds. The van der Waals surface area contributed by atoms with Crippen molar-refractivity contribution in [2.24, 2.45) is 17.6 Å². The fourth-order valence-corrected chi connectivity index (χ4v) is 2.19. The van der Waals surface area contributed by atoms with Crippen molar-refractivity contribution in [2.45, 2.75) is 58.8 Å². The molecule has 0 aliphatic rings. The van der Waals surface area contributed by atoms with Crippen molar-refractivity contribution >= 4 is 36.3 Å². The number of nitrogens with one attached hydrogen (secondary N) is 3. The summed E-state index contributed by atoms with van der Waals surface area (Å²) < 4.78 is 0. The third-order valence-corrected chi connectivity index (χ3v) is 4.18. The topological polar surface area (TPSA) is 151 Å². The number of carboxylic acids is 1. The maximum Gasteiger partial charge on any atom is 0.326 e. The van der Waals surface area contributed by atoms with Crippen LogP contribution in [0.5, 0.6) is 0 Å². The van der Waals surface area contributed by atoms with Crippen molar-refractivity contribution in [1.29, 1.82) is 0 Å². The van der Waals surface area contributed by atoms with Gasteiger partial charge in [-0.05, 0) is 18.8 Å². The Labute approximate surface area is 159 Å². The van der Waals surface area contributed by atoms with Crippen LogP contribution in [-0.4, -0.2) is 58.7 Å². The van der Waals surface area contributed by atoms with E-state index in [-0.39, 0.29) is 17.6 Å². The minimum atomic E-state index is -1.17. The van der Waals surface area contributed by atoms with E-state index in [2.05, 4.69) is 28.6 Å². The summed E-state index contributed by atoms with van der Waals surface area (Å²) in [5, 5.41) is 16.4. The summed E-state index contributed by atoms with van der Waals surface area (Å²) in [6.07, 6.45) is 0. The van der Waals surface area contributed by atoms with E-state index < -0.39 is 47.9 Å². The zero-order chi connectivity index (χ0) is 20.6. The van der Waals surface area contributed by atoms with Crippen LogP contribution in [0, 0.1) is 11.8 Å². The molecule has 0 aromatic heterocycles. The zero-order valence-electron chi connectivity index (χ0n) is 15.8. The van der Waals surface area contributed by atoms with Gasteiger partial charge in [0.1, 0.15) is 18.1 Å². The fourth-order valence-electron chi connectivity index (χ4n) is 1.94. The van der Waals surface area contributed by atoms with E-state index in [0.717, 1.165) is 0 Å². The number of hydrogen-bond acceptors (Lipinski definition) is 6. The first-order chi connectivity index (χ1) is 11.9. The molecule has 10 heteroatoms. The number of rotatable bonds is 10. The highest BCUT2D eigenvalue weighted by molar-refractivity contribution is 7.80. The molecule has 0 saturated heterocycles. The van der Waals surface area contributed by atoms with E-state index in [4.69, 9.17) is 10.8 Å². The average Bonchev–Trinajstić information content (AvgIpc) is 2.55. The molecule has 4 unspecified atom stereocenters. The SMILES string of the molecule is CC(NC(=O)C(N)C(C)C)C(=O)NC(CS)C(=O)NC(C(=O)O)C(C)C. The first-order valence-corrected chi connectivity index (χ1v) is 9.05. The first-order valence-electron chi connectivity index (χ1n) is 8.42. The summed E-state index contributed by atoms with van der Waals surface area (Å²) in [5.74, 6) is -3.35. The molecule has 0 bridgehead atoms. The van der Waals surface area contributed by atoms with Gasteiger partial charge in [0, 0.05) is 5.75 Å². The number of thiol groups is 1. The molecule has 4 atom stereocenters. The lowest BCUT2D eigenvalue weighted by Gasteiger charge is -2.24. The van der Waals surface area contributed by atoms with Gasteiger partial charge in [0.15, 0.2) is 0 Å². The van der Waals surface area contributed by atoms with E-state index in [1.807, 2.05) is 0 Å². The smallest absolute Gasteiger partial charge is 0.326 e. The Bertz CT molecular complexity index is 527. The lowest BCUT2D eigenvalue weighted by Crippen LogP contribution is -2.57. The Hall–Kier alpha value is -1.81. The molecular formula is C16H30N4O5S. The third-order valence-electron chi connectivity index (χ3n) is 3.82. The van der Waals surface area contributed by atoms with Gasteiger partial charge < -0.3 is 26.8 Å². The molecule has 6 N–H and O–H groups in total. The maximum atomic E-state index is 12.2. The third kappa shape index (κ3) is 7.61. The van der Waals surface area contributed by atoms with Crippen molar-refractivity contribution < 1.29 is 24.3 Å². The van der Waals surface area contributed by atoms with Gasteiger partial charge in [-0.25, -0.2) is 4.79 Å². The predicted molar refractivity (Wildman–Crippen MR) is 101 cm³/mol. The molecule has 0 heterocycles. The largest absolute Gasteiger partial charge is 0.480 e. The lowest BCUT2D eigenvalue weighted by molar-refractivity contribution is -0.143. The number of nitrogens with two attached hydrogens (primary N) is 1. The molecule has 9 nitrogen and oxygen atoms in total. The Morgan fingerprint density at radius 2 is 1.42 bits per heavy atom. The molecule has 0 fully saturated rings. The summed E-state index contributed by atoms with van der Waals surface area (Å²) in [6, 6.07) is -3.79. The number of aliphatic carboxylic acids is 1. The van der Waals surface area contributed by atoms with E-state index >= 15 is 0 Å². The van der Waals surface area contributed by atoms with Gasteiger partial charge in [-0.3, -0.25) is 14.4 Å². The number of amides is 3. The lowest BCUT2D eigenvalue weighted by atomic mass is 10.0. The van der Waals surface area contributed by atoms with Gasteiger partial charge in [-0.15, -0.1) is 0 Å². The molecule has 0 aliphatic carbocycles. The van der Waals surface area contributed by atoms with Gasteiger partial charge in [-0.2, -0.15) is 12.6 Å². The monoisotopic (exact) mass is 390 g/mol. The fraction of sp³-hybridized carbons (Fsp3) is 0.750. The standard InChI is InChI=1S/C16H30N4O5S/c1-7(2)11(17)15(23)18-9(5)13(21)19-10(6-26)14(22)20-12(8(3)4)16(24)25/h7-12,26H,6,17H2,1-5H3,(H,18,23)(H,19,21)(H,20,22)(H,24,25). The van der Waals surface area contributed by atoms with Crippen molar-refractivity contribution in [3.05, 3.63) is 0 Å². The number of carbonyl (C=O) groups is 4. The molecule has 150 valence electrons. The van der Waals surface area contributed by atoms with Crippen LogP contribution in [0.15, 0.2) is 0 Å². The Morgan fingerprint density at radius 1 is 0.885 bits per heavy atom. The van der Waals surface area contributed by atoms with Gasteiger partial charge >= 0.3 is 5.97 Å². The average molecular weight is 391 g/mol. The Balaban J connectivity index is 4.83. The molecule has 0 saturated carbocycles. The summed E-state index contributed by atoms with van der Waals surface area (Å²) >= 11 is 4.02. The van der Waals surface area contributed by atoms with E-state index in [9.17, 15) is 19.2 Å². The summed E-state index contributed by atoms with van der Waals surface area (Å²) in [6.45, 7) is 8.33. The quantitative estimate of drug-likeness (QED) is 0.266. The molecule has 0 aromatic rings. The minimum absolute atomic E-state index is 0.0335. The van der Waals surface area contributed by atoms with Crippen molar-refractivity contribution in [2.75, 3.05) is 5.75 Å². The van der Waals surface area contributed by atoms with Gasteiger partial charge in [0.05, 0.1) is 6.04 Å². The highest BCUT2D eigenvalue weighted by atomic mass is 32.1. The van der Waals surface area contributed by atoms with Crippen molar-refractivity contribution in [3.8, 4) is 0 Å². The minimum Gasteiger partial charge on any atom is -0.480 e. The highest BCUT2D eigenvalue weighted by Gasteiger charge is 2.29. The molecular weight excluding hydrogens is 360 g/mol. The number of hydrogen-bond donors (Lipinski definition) is 6. The maximum absolute atomic E-state index is 12.2. The van der Waals surface area contributed by atoms with Crippen LogP contribution in [0.3, 0.4) is 0 Å². The summed E-state index contributed by atoms with van der Waals surface area (Å²) in [7, 11) is 0. The van der Waals surface area contributed by atoms with E-state index in [1.165, 1.54) is 6.92 Å². The zero-order valence-corrected chi connectivity index (χ0v) is 16.7. The van der Waals surface area contributed by atoms with Crippen LogP contribution in [-0.2, 0) is 19.2 Å². The van der Waals surface area contributed by atoms with Crippen LogP contribution in [0.1, 0.15) is 34.6 Å². The normalized spacial score (nSPS) is 15.7. The van der Waals surface area contributed by atoms with Crippen LogP contribution >= 0.6 is 12.6 Å². The second kappa shape index (κ2) is 11.0. The van der Waals surface area contributed by atoms with Gasteiger partial charge in [0.25, 0.3) is 0 Å². The van der Waals surface area contributed by atoms with Gasteiger partial charge in [-0.1, -0.05) is 27.7 Å². The second-order valence-corrected chi connectivity index (χ2v) is 7.18.